The van der Waals surface area contributed by atoms with Crippen molar-refractivity contribution in [3.05, 3.63) is 49.6 Å². The topological polar surface area (TPSA) is 29.3 Å². The van der Waals surface area contributed by atoms with E-state index in [9.17, 15) is 0 Å². The van der Waals surface area contributed by atoms with Crippen molar-refractivity contribution in [3.8, 4) is 0 Å². The number of anilines is 2. The highest BCUT2D eigenvalue weighted by Crippen LogP contribution is 2.17. The van der Waals surface area contributed by atoms with Crippen LogP contribution in [-0.4, -0.2) is 13.1 Å². The van der Waals surface area contributed by atoms with Crippen LogP contribution in [0, 0.1) is 0 Å². The average Bonchev–Trinajstić information content (AvgIpc) is 2.31. The second-order valence-corrected chi connectivity index (χ2v) is 3.73. The number of nitrogens with zero attached hydrogens (tertiary/aromatic N) is 1. The van der Waals surface area contributed by atoms with Crippen molar-refractivity contribution >= 4 is 11.4 Å². The molecule has 0 fully saturated rings. The number of rotatable bonds is 7. The third-order valence-corrected chi connectivity index (χ3v) is 2.46. The summed E-state index contributed by atoms with van der Waals surface area (Å²) in [5, 5.41) is 0. The van der Waals surface area contributed by atoms with Gasteiger partial charge in [0, 0.05) is 24.5 Å². The molecule has 0 saturated carbocycles. The highest BCUT2D eigenvalue weighted by atomic mass is 15.1. The smallest absolute Gasteiger partial charge is 0.0367 e. The zero-order valence-electron chi connectivity index (χ0n) is 9.73. The molecule has 1 rings (SSSR count). The Bertz CT molecular complexity index is 315. The summed E-state index contributed by atoms with van der Waals surface area (Å²) < 4.78 is 0. The molecule has 0 spiro atoms. The van der Waals surface area contributed by atoms with Crippen LogP contribution in [0.4, 0.5) is 11.4 Å². The van der Waals surface area contributed by atoms with Gasteiger partial charge in [-0.1, -0.05) is 12.2 Å². The van der Waals surface area contributed by atoms with Crippen LogP contribution in [-0.2, 0) is 0 Å². The van der Waals surface area contributed by atoms with E-state index in [1.54, 1.807) is 0 Å². The maximum absolute atomic E-state index is 5.68. The van der Waals surface area contributed by atoms with E-state index in [2.05, 4.69) is 30.2 Å². The highest BCUT2D eigenvalue weighted by molar-refractivity contribution is 5.53. The molecule has 86 valence electrons. The normalized spacial score (nSPS) is 9.75. The minimum atomic E-state index is 0.802. The van der Waals surface area contributed by atoms with Gasteiger partial charge in [-0.25, -0.2) is 0 Å². The summed E-state index contributed by atoms with van der Waals surface area (Å²) in [6.45, 7) is 9.48. The highest BCUT2D eigenvalue weighted by Gasteiger charge is 2.03. The maximum Gasteiger partial charge on any atom is 0.0367 e. The Balaban J connectivity index is 2.69. The molecule has 0 amide bonds. The molecule has 0 aliphatic carbocycles. The van der Waals surface area contributed by atoms with Gasteiger partial charge in [-0.05, 0) is 37.1 Å². The summed E-state index contributed by atoms with van der Waals surface area (Å²) in [4.78, 5) is 2.32. The molecular formula is C14H20N2. The fraction of sp³-hybridized carbons (Fsp3) is 0.286. The van der Waals surface area contributed by atoms with Gasteiger partial charge in [0.05, 0.1) is 0 Å². The molecule has 0 atom stereocenters. The van der Waals surface area contributed by atoms with Crippen LogP contribution in [0.2, 0.25) is 0 Å². The van der Waals surface area contributed by atoms with Crippen molar-refractivity contribution in [3.63, 3.8) is 0 Å². The first-order chi connectivity index (χ1) is 7.77. The Morgan fingerprint density at radius 2 is 1.50 bits per heavy atom. The van der Waals surface area contributed by atoms with Crippen LogP contribution in [0.3, 0.4) is 0 Å². The van der Waals surface area contributed by atoms with Crippen molar-refractivity contribution in [2.24, 2.45) is 0 Å². The first-order valence-electron chi connectivity index (χ1n) is 5.60. The molecule has 0 aromatic heterocycles. The fourth-order valence-electron chi connectivity index (χ4n) is 1.55. The quantitative estimate of drug-likeness (QED) is 0.560. The Labute approximate surface area is 98.1 Å². The summed E-state index contributed by atoms with van der Waals surface area (Å²) in [5.74, 6) is 0. The van der Waals surface area contributed by atoms with Crippen LogP contribution >= 0.6 is 0 Å². The summed E-state index contributed by atoms with van der Waals surface area (Å²) >= 11 is 0. The lowest BCUT2D eigenvalue weighted by molar-refractivity contribution is 0.790. The van der Waals surface area contributed by atoms with Crippen molar-refractivity contribution in [1.82, 2.24) is 0 Å². The van der Waals surface area contributed by atoms with Gasteiger partial charge in [-0.15, -0.1) is 13.2 Å². The first kappa shape index (κ1) is 12.4. The van der Waals surface area contributed by atoms with Gasteiger partial charge < -0.3 is 10.6 Å². The number of nitrogen functional groups attached to an aromatic ring is 1. The van der Waals surface area contributed by atoms with Crippen LogP contribution in [0.5, 0.6) is 0 Å². The minimum Gasteiger partial charge on any atom is -0.399 e. The van der Waals surface area contributed by atoms with Crippen LogP contribution in [0.25, 0.3) is 0 Å². The summed E-state index contributed by atoms with van der Waals surface area (Å²) in [6, 6.07) is 7.98. The van der Waals surface area contributed by atoms with Gasteiger partial charge in [-0.2, -0.15) is 0 Å². The molecule has 16 heavy (non-hydrogen) atoms. The predicted molar refractivity (Wildman–Crippen MR) is 72.7 cm³/mol. The molecule has 0 bridgehead atoms. The second-order valence-electron chi connectivity index (χ2n) is 3.73. The van der Waals surface area contributed by atoms with E-state index in [-0.39, 0.29) is 0 Å². The van der Waals surface area contributed by atoms with E-state index in [0.29, 0.717) is 0 Å². The lowest BCUT2D eigenvalue weighted by Crippen LogP contribution is -2.24. The first-order valence-corrected chi connectivity index (χ1v) is 5.60. The molecule has 1 aromatic carbocycles. The van der Waals surface area contributed by atoms with Crippen molar-refractivity contribution < 1.29 is 0 Å². The number of hydrogen-bond donors (Lipinski definition) is 1. The van der Waals surface area contributed by atoms with Crippen molar-refractivity contribution in [2.45, 2.75) is 12.8 Å². The van der Waals surface area contributed by atoms with E-state index >= 15 is 0 Å². The molecule has 0 aliphatic rings. The zero-order chi connectivity index (χ0) is 11.8. The molecular weight excluding hydrogens is 196 g/mol. The molecule has 2 N–H and O–H groups in total. The van der Waals surface area contributed by atoms with Gasteiger partial charge in [0.1, 0.15) is 0 Å². The molecule has 2 heteroatoms. The third kappa shape index (κ3) is 3.81. The molecule has 2 nitrogen and oxygen atoms in total. The fourth-order valence-corrected chi connectivity index (χ4v) is 1.55. The van der Waals surface area contributed by atoms with Gasteiger partial charge in [0.2, 0.25) is 0 Å². The van der Waals surface area contributed by atoms with E-state index in [4.69, 9.17) is 5.73 Å². The third-order valence-electron chi connectivity index (χ3n) is 2.46. The summed E-state index contributed by atoms with van der Waals surface area (Å²) in [5.41, 5.74) is 7.68. The molecule has 1 aromatic rings. The standard InChI is InChI=1S/C14H20N2/c1-3-5-11-16(12-6-4-2)14-9-7-13(15)8-10-14/h3-4,7-10H,1-2,5-6,11-12,15H2. The Morgan fingerprint density at radius 1 is 1.00 bits per heavy atom. The second kappa shape index (κ2) is 6.72. The van der Waals surface area contributed by atoms with Gasteiger partial charge >= 0.3 is 0 Å². The number of hydrogen-bond acceptors (Lipinski definition) is 2. The largest absolute Gasteiger partial charge is 0.399 e. The van der Waals surface area contributed by atoms with E-state index in [1.807, 2.05) is 24.3 Å². The predicted octanol–water partition coefficient (Wildman–Crippen LogP) is 3.23. The number of nitrogens with two attached hydrogens (primary N) is 1. The molecule has 0 heterocycles. The SMILES string of the molecule is C=CCCN(CCC=C)c1ccc(N)cc1. The molecule has 0 radical (unpaired) electrons. The van der Waals surface area contributed by atoms with Crippen LogP contribution in [0.1, 0.15) is 12.8 Å². The summed E-state index contributed by atoms with van der Waals surface area (Å²) in [6.07, 6.45) is 5.86. The van der Waals surface area contributed by atoms with E-state index < -0.39 is 0 Å². The monoisotopic (exact) mass is 216 g/mol. The lowest BCUT2D eigenvalue weighted by atomic mass is 10.2. The van der Waals surface area contributed by atoms with Gasteiger partial charge in [0.15, 0.2) is 0 Å². The zero-order valence-corrected chi connectivity index (χ0v) is 9.73. The molecule has 0 unspecified atom stereocenters. The molecule has 0 aliphatic heterocycles. The minimum absolute atomic E-state index is 0.802. The average molecular weight is 216 g/mol. The lowest BCUT2D eigenvalue weighted by Gasteiger charge is -2.23. The van der Waals surface area contributed by atoms with Crippen LogP contribution < -0.4 is 10.6 Å². The van der Waals surface area contributed by atoms with E-state index in [0.717, 1.165) is 31.6 Å². The maximum atomic E-state index is 5.68. The summed E-state index contributed by atoms with van der Waals surface area (Å²) in [7, 11) is 0. The Hall–Kier alpha value is -1.70. The van der Waals surface area contributed by atoms with Gasteiger partial charge in [-0.3, -0.25) is 0 Å². The Kier molecular flexibility index (Phi) is 5.20. The Morgan fingerprint density at radius 3 is 1.94 bits per heavy atom. The van der Waals surface area contributed by atoms with Gasteiger partial charge in [0.25, 0.3) is 0 Å². The van der Waals surface area contributed by atoms with E-state index in [1.165, 1.54) is 5.69 Å². The molecule has 0 saturated heterocycles. The van der Waals surface area contributed by atoms with Crippen molar-refractivity contribution in [2.75, 3.05) is 23.7 Å². The number of benzene rings is 1. The van der Waals surface area contributed by atoms with Crippen LogP contribution in [0.15, 0.2) is 49.6 Å². The van der Waals surface area contributed by atoms with Crippen molar-refractivity contribution in [1.29, 1.82) is 0 Å².